The maximum Gasteiger partial charge on any atom is 0.0433 e. The van der Waals surface area contributed by atoms with Gasteiger partial charge in [-0.2, -0.15) is 0 Å². The van der Waals surface area contributed by atoms with Crippen molar-refractivity contribution in [3.63, 3.8) is 0 Å². The summed E-state index contributed by atoms with van der Waals surface area (Å²) in [6.07, 6.45) is 0. The highest BCUT2D eigenvalue weighted by atomic mass is 32.1. The third-order valence-electron chi connectivity index (χ3n) is 9.58. The van der Waals surface area contributed by atoms with Gasteiger partial charge in [-0.15, -0.1) is 11.3 Å². The van der Waals surface area contributed by atoms with Gasteiger partial charge in [0.05, 0.1) is 0 Å². The maximum atomic E-state index is 2.49. The molecule has 45 heavy (non-hydrogen) atoms. The first-order valence-corrected chi connectivity index (χ1v) is 16.3. The second kappa shape index (κ2) is 9.50. The van der Waals surface area contributed by atoms with Crippen molar-refractivity contribution in [3.8, 4) is 22.3 Å². The predicted octanol–water partition coefficient (Wildman–Crippen LogP) is 13.2. The van der Waals surface area contributed by atoms with Crippen LogP contribution in [0, 0.1) is 0 Å². The van der Waals surface area contributed by atoms with Crippen molar-refractivity contribution in [2.75, 3.05) is 0 Å². The van der Waals surface area contributed by atoms with E-state index in [4.69, 9.17) is 0 Å². The zero-order chi connectivity index (χ0) is 29.5. The smallest absolute Gasteiger partial charge is 0.0433 e. The van der Waals surface area contributed by atoms with Crippen molar-refractivity contribution in [1.29, 1.82) is 0 Å². The Bertz CT molecular complexity index is 2820. The summed E-state index contributed by atoms with van der Waals surface area (Å²) in [4.78, 5) is 0. The number of rotatable bonds is 2. The van der Waals surface area contributed by atoms with E-state index < -0.39 is 0 Å². The van der Waals surface area contributed by atoms with Crippen LogP contribution in [0.3, 0.4) is 0 Å². The van der Waals surface area contributed by atoms with Gasteiger partial charge in [0.15, 0.2) is 0 Å². The fraction of sp³-hybridized carbons (Fsp3) is 0. The Morgan fingerprint density at radius 1 is 0.289 bits per heavy atom. The van der Waals surface area contributed by atoms with Crippen LogP contribution in [0.2, 0.25) is 0 Å². The SMILES string of the molecule is c1ccc2cc(-c3c4ccccc4c(-c4ccc5ccccc5c4)c4cc5c(cc34)sc3c4ccccc4ccc53)ccc2c1. The summed E-state index contributed by atoms with van der Waals surface area (Å²) in [6.45, 7) is 0. The van der Waals surface area contributed by atoms with Gasteiger partial charge in [-0.3, -0.25) is 0 Å². The van der Waals surface area contributed by atoms with E-state index in [1.807, 2.05) is 11.3 Å². The van der Waals surface area contributed by atoms with Crippen LogP contribution in [0.15, 0.2) is 158 Å². The first-order valence-electron chi connectivity index (χ1n) is 15.5. The molecule has 0 amide bonds. The van der Waals surface area contributed by atoms with Crippen molar-refractivity contribution >= 4 is 85.4 Å². The second-order valence-corrected chi connectivity index (χ2v) is 13.1. The van der Waals surface area contributed by atoms with Gasteiger partial charge in [-0.1, -0.05) is 133 Å². The fourth-order valence-corrected chi connectivity index (χ4v) is 8.74. The van der Waals surface area contributed by atoms with Crippen LogP contribution in [0.25, 0.3) is 96.3 Å². The van der Waals surface area contributed by atoms with Gasteiger partial charge in [0.1, 0.15) is 0 Å². The van der Waals surface area contributed by atoms with Gasteiger partial charge in [0.25, 0.3) is 0 Å². The average molecular weight is 587 g/mol. The number of hydrogen-bond donors (Lipinski definition) is 0. The van der Waals surface area contributed by atoms with Crippen molar-refractivity contribution in [1.82, 2.24) is 0 Å². The highest BCUT2D eigenvalue weighted by Gasteiger charge is 2.20. The molecular formula is C44H26S. The van der Waals surface area contributed by atoms with Gasteiger partial charge < -0.3 is 0 Å². The quantitative estimate of drug-likeness (QED) is 0.177. The Balaban J connectivity index is 1.40. The van der Waals surface area contributed by atoms with Crippen LogP contribution < -0.4 is 0 Å². The van der Waals surface area contributed by atoms with Gasteiger partial charge in [0.2, 0.25) is 0 Å². The lowest BCUT2D eigenvalue weighted by molar-refractivity contribution is 1.69. The van der Waals surface area contributed by atoms with E-state index in [1.165, 1.54) is 96.3 Å². The maximum absolute atomic E-state index is 2.49. The average Bonchev–Trinajstić information content (AvgIpc) is 3.47. The molecule has 0 spiro atoms. The van der Waals surface area contributed by atoms with E-state index in [1.54, 1.807) is 0 Å². The summed E-state index contributed by atoms with van der Waals surface area (Å²) in [5.41, 5.74) is 5.12. The molecule has 10 rings (SSSR count). The Morgan fingerprint density at radius 2 is 0.778 bits per heavy atom. The molecule has 9 aromatic carbocycles. The molecule has 0 aliphatic rings. The van der Waals surface area contributed by atoms with Crippen molar-refractivity contribution < 1.29 is 0 Å². The normalized spacial score (nSPS) is 12.0. The largest absolute Gasteiger partial charge is 0.135 e. The van der Waals surface area contributed by atoms with E-state index in [9.17, 15) is 0 Å². The summed E-state index contributed by atoms with van der Waals surface area (Å²) < 4.78 is 2.69. The van der Waals surface area contributed by atoms with Crippen LogP contribution in [-0.4, -0.2) is 0 Å². The van der Waals surface area contributed by atoms with Crippen LogP contribution in [0.4, 0.5) is 0 Å². The Kier molecular flexibility index (Phi) is 5.25. The molecule has 1 heterocycles. The summed E-state index contributed by atoms with van der Waals surface area (Å²) >= 11 is 1.92. The highest BCUT2D eigenvalue weighted by molar-refractivity contribution is 7.26. The molecule has 0 aliphatic heterocycles. The minimum atomic E-state index is 1.25. The lowest BCUT2D eigenvalue weighted by Gasteiger charge is -2.19. The lowest BCUT2D eigenvalue weighted by atomic mass is 9.84. The van der Waals surface area contributed by atoms with E-state index in [0.717, 1.165) is 0 Å². The monoisotopic (exact) mass is 586 g/mol. The third-order valence-corrected chi connectivity index (χ3v) is 10.8. The Labute approximate surface area is 264 Å². The molecule has 0 saturated carbocycles. The molecule has 0 aliphatic carbocycles. The van der Waals surface area contributed by atoms with E-state index in [2.05, 4.69) is 158 Å². The number of thiophene rings is 1. The highest BCUT2D eigenvalue weighted by Crippen LogP contribution is 2.48. The number of fused-ring (bicyclic) bond motifs is 9. The van der Waals surface area contributed by atoms with Gasteiger partial charge in [0, 0.05) is 20.2 Å². The molecular weight excluding hydrogens is 561 g/mol. The van der Waals surface area contributed by atoms with Gasteiger partial charge in [-0.05, 0) is 100 Å². The van der Waals surface area contributed by atoms with E-state index in [-0.39, 0.29) is 0 Å². The second-order valence-electron chi connectivity index (χ2n) is 12.1. The van der Waals surface area contributed by atoms with E-state index >= 15 is 0 Å². The molecule has 0 atom stereocenters. The molecule has 0 fully saturated rings. The number of hydrogen-bond acceptors (Lipinski definition) is 1. The fourth-order valence-electron chi connectivity index (χ4n) is 7.48. The molecule has 0 nitrogen and oxygen atoms in total. The predicted molar refractivity (Wildman–Crippen MR) is 198 cm³/mol. The topological polar surface area (TPSA) is 0 Å². The molecule has 0 bridgehead atoms. The number of benzene rings is 9. The molecule has 1 heteroatoms. The molecule has 0 unspecified atom stereocenters. The van der Waals surface area contributed by atoms with Crippen molar-refractivity contribution in [3.05, 3.63) is 158 Å². The molecule has 1 aromatic heterocycles. The summed E-state index contributed by atoms with van der Waals surface area (Å²) in [5.74, 6) is 0. The van der Waals surface area contributed by atoms with Crippen molar-refractivity contribution in [2.24, 2.45) is 0 Å². The minimum Gasteiger partial charge on any atom is -0.135 e. The van der Waals surface area contributed by atoms with Crippen molar-refractivity contribution in [2.45, 2.75) is 0 Å². The molecule has 0 radical (unpaired) electrons. The Morgan fingerprint density at radius 3 is 1.40 bits per heavy atom. The van der Waals surface area contributed by atoms with Gasteiger partial charge >= 0.3 is 0 Å². The summed E-state index contributed by atoms with van der Waals surface area (Å²) in [5, 5.41) is 15.5. The minimum absolute atomic E-state index is 1.25. The molecule has 0 N–H and O–H groups in total. The van der Waals surface area contributed by atoms with Crippen LogP contribution in [0.1, 0.15) is 0 Å². The van der Waals surface area contributed by atoms with E-state index in [0.29, 0.717) is 0 Å². The Hall–Kier alpha value is -5.50. The molecule has 0 saturated heterocycles. The van der Waals surface area contributed by atoms with Crippen LogP contribution >= 0.6 is 11.3 Å². The summed E-state index contributed by atoms with van der Waals surface area (Å²) in [6, 6.07) is 58.6. The zero-order valence-corrected chi connectivity index (χ0v) is 25.2. The molecule has 10 aromatic rings. The first-order chi connectivity index (χ1) is 22.3. The lowest BCUT2D eigenvalue weighted by Crippen LogP contribution is -1.91. The third kappa shape index (κ3) is 3.72. The molecule has 208 valence electrons. The zero-order valence-electron chi connectivity index (χ0n) is 24.4. The van der Waals surface area contributed by atoms with Crippen LogP contribution in [0.5, 0.6) is 0 Å². The van der Waals surface area contributed by atoms with Gasteiger partial charge in [-0.25, -0.2) is 0 Å². The standard InChI is InChI=1S/C44H26S/c1-3-12-30-23-32(19-17-27(30)9-1)42-35-15-7-8-16-36(35)43(33-20-18-28-10-2-4-13-31(28)24-33)40-26-41-38(25-39(40)42)37-22-21-29-11-5-6-14-34(29)44(37)45-41/h1-26H. The van der Waals surface area contributed by atoms with Crippen LogP contribution in [-0.2, 0) is 0 Å². The summed E-state index contributed by atoms with van der Waals surface area (Å²) in [7, 11) is 0. The first kappa shape index (κ1) is 24.9.